The number of hydrogen-bond donors (Lipinski definition) is 1. The Balaban J connectivity index is 3.28. The number of nitrogens with one attached hydrogen (secondary N) is 1. The van der Waals surface area contributed by atoms with Crippen molar-refractivity contribution in [3.05, 3.63) is 27.3 Å². The zero-order chi connectivity index (χ0) is 24.5. The van der Waals surface area contributed by atoms with Crippen molar-refractivity contribution < 1.29 is 33.3 Å². The molecule has 1 N–H and O–H groups in total. The number of methoxy groups -OCH3 is 3. The molecule has 0 unspecified atom stereocenters. The summed E-state index contributed by atoms with van der Waals surface area (Å²) in [5.41, 5.74) is -0.198. The summed E-state index contributed by atoms with van der Waals surface area (Å²) in [6.07, 6.45) is 0.205. The van der Waals surface area contributed by atoms with E-state index < -0.39 is 35.7 Å². The van der Waals surface area contributed by atoms with Gasteiger partial charge >= 0.3 is 12.1 Å². The second kappa shape index (κ2) is 12.8. The van der Waals surface area contributed by atoms with E-state index >= 15 is 0 Å². The summed E-state index contributed by atoms with van der Waals surface area (Å²) in [4.78, 5) is 39.6. The molecule has 0 fully saturated rings. The third-order valence-electron chi connectivity index (χ3n) is 4.45. The van der Waals surface area contributed by atoms with E-state index in [2.05, 4.69) is 27.9 Å². The minimum atomic E-state index is -1.04. The second-order valence-electron chi connectivity index (χ2n) is 8.11. The van der Waals surface area contributed by atoms with Gasteiger partial charge in [-0.3, -0.25) is 9.69 Å². The lowest BCUT2D eigenvalue weighted by atomic mass is 10.0. The molecular weight excluding hydrogens is 531 g/mol. The van der Waals surface area contributed by atoms with E-state index in [0.717, 1.165) is 3.57 Å². The number of halogens is 1. The Morgan fingerprint density at radius 2 is 1.81 bits per heavy atom. The van der Waals surface area contributed by atoms with Crippen molar-refractivity contribution >= 4 is 40.6 Å². The quantitative estimate of drug-likeness (QED) is 0.264. The van der Waals surface area contributed by atoms with Crippen LogP contribution in [0, 0.1) is 3.57 Å². The summed E-state index contributed by atoms with van der Waals surface area (Å²) in [6, 6.07) is 3.25. The molecule has 0 radical (unpaired) electrons. The maximum absolute atomic E-state index is 13.4. The van der Waals surface area contributed by atoms with E-state index in [-0.39, 0.29) is 0 Å². The molecule has 2 atom stereocenters. The number of ether oxygens (including phenoxy) is 4. The van der Waals surface area contributed by atoms with Gasteiger partial charge in [-0.2, -0.15) is 0 Å². The van der Waals surface area contributed by atoms with Crippen LogP contribution in [0.2, 0.25) is 0 Å². The van der Waals surface area contributed by atoms with Crippen LogP contribution in [-0.4, -0.2) is 69.5 Å². The predicted octanol–water partition coefficient (Wildman–Crippen LogP) is 3.29. The molecular formula is C22H33IN2O7. The van der Waals surface area contributed by atoms with E-state index in [1.54, 1.807) is 53.2 Å². The SMILES string of the molecule is COCCC[C@H](NC(=O)[C@H](c1ccc(OC)c(I)c1)N(C)C(=O)OC(C)(C)C)C(=O)OC. The van der Waals surface area contributed by atoms with Crippen LogP contribution in [0.4, 0.5) is 4.79 Å². The van der Waals surface area contributed by atoms with Crippen molar-refractivity contribution in [1.82, 2.24) is 10.2 Å². The molecule has 1 aromatic carbocycles. The number of nitrogens with zero attached hydrogens (tertiary/aromatic N) is 1. The second-order valence-corrected chi connectivity index (χ2v) is 9.27. The van der Waals surface area contributed by atoms with Crippen molar-refractivity contribution in [1.29, 1.82) is 0 Å². The Kier molecular flexibility index (Phi) is 11.2. The summed E-state index contributed by atoms with van der Waals surface area (Å²) >= 11 is 2.09. The average molecular weight is 564 g/mol. The summed E-state index contributed by atoms with van der Waals surface area (Å²) in [5.74, 6) is -0.468. The van der Waals surface area contributed by atoms with Gasteiger partial charge in [0, 0.05) is 20.8 Å². The largest absolute Gasteiger partial charge is 0.496 e. The standard InChI is InChI=1S/C22H33IN2O7/c1-22(2,3)32-21(28)25(4)18(14-10-11-17(30-6)15(23)13-14)19(26)24-16(20(27)31-7)9-8-12-29-5/h10-11,13,16,18H,8-9,12H2,1-7H3,(H,24,26)/t16-,18-/m0/s1. The van der Waals surface area contributed by atoms with Gasteiger partial charge in [0.1, 0.15) is 23.4 Å². The fraction of sp³-hybridized carbons (Fsp3) is 0.591. The number of amides is 2. The molecule has 2 amide bonds. The van der Waals surface area contributed by atoms with Crippen LogP contribution >= 0.6 is 22.6 Å². The van der Waals surface area contributed by atoms with Crippen molar-refractivity contribution in [2.75, 3.05) is 35.0 Å². The van der Waals surface area contributed by atoms with E-state index in [1.165, 1.54) is 19.1 Å². The maximum atomic E-state index is 13.4. The molecule has 0 aliphatic rings. The number of rotatable bonds is 10. The number of carbonyl (C=O) groups excluding carboxylic acids is 3. The number of benzene rings is 1. The highest BCUT2D eigenvalue weighted by atomic mass is 127. The van der Waals surface area contributed by atoms with Crippen LogP contribution in [-0.2, 0) is 23.8 Å². The Morgan fingerprint density at radius 1 is 1.16 bits per heavy atom. The molecule has 1 aromatic rings. The molecule has 0 saturated carbocycles. The van der Waals surface area contributed by atoms with Gasteiger partial charge in [-0.05, 0) is 73.9 Å². The maximum Gasteiger partial charge on any atom is 0.410 e. The highest BCUT2D eigenvalue weighted by Gasteiger charge is 2.34. The van der Waals surface area contributed by atoms with Crippen LogP contribution in [0.1, 0.15) is 45.2 Å². The van der Waals surface area contributed by atoms with Crippen LogP contribution in [0.15, 0.2) is 18.2 Å². The molecule has 32 heavy (non-hydrogen) atoms. The summed E-state index contributed by atoms with van der Waals surface area (Å²) in [7, 11) is 5.85. The van der Waals surface area contributed by atoms with Crippen LogP contribution in [0.25, 0.3) is 0 Å². The zero-order valence-corrected chi connectivity index (χ0v) is 21.8. The Labute approximate surface area is 203 Å². The number of hydrogen-bond acceptors (Lipinski definition) is 7. The Hall–Kier alpha value is -2.08. The van der Waals surface area contributed by atoms with Crippen molar-refractivity contribution in [3.63, 3.8) is 0 Å². The van der Waals surface area contributed by atoms with Gasteiger partial charge in [0.2, 0.25) is 5.91 Å². The minimum Gasteiger partial charge on any atom is -0.496 e. The molecule has 0 heterocycles. The molecule has 0 saturated heterocycles. The minimum absolute atomic E-state index is 0.329. The highest BCUT2D eigenvalue weighted by Crippen LogP contribution is 2.28. The first kappa shape index (κ1) is 28.0. The topological polar surface area (TPSA) is 103 Å². The first-order valence-electron chi connectivity index (χ1n) is 10.1. The van der Waals surface area contributed by atoms with Crippen molar-refractivity contribution in [2.45, 2.75) is 51.3 Å². The van der Waals surface area contributed by atoms with Gasteiger partial charge in [-0.25, -0.2) is 9.59 Å². The van der Waals surface area contributed by atoms with Gasteiger partial charge in [-0.15, -0.1) is 0 Å². The molecule has 10 heteroatoms. The van der Waals surface area contributed by atoms with Gasteiger partial charge in [0.05, 0.1) is 17.8 Å². The van der Waals surface area contributed by atoms with Crippen molar-refractivity contribution in [3.8, 4) is 5.75 Å². The first-order chi connectivity index (χ1) is 14.9. The van der Waals surface area contributed by atoms with Crippen LogP contribution in [0.5, 0.6) is 5.75 Å². The fourth-order valence-corrected chi connectivity index (χ4v) is 3.68. The lowest BCUT2D eigenvalue weighted by Gasteiger charge is -2.31. The third kappa shape index (κ3) is 8.45. The molecule has 0 aliphatic heterocycles. The van der Waals surface area contributed by atoms with Crippen LogP contribution in [0.3, 0.4) is 0 Å². The van der Waals surface area contributed by atoms with E-state index in [0.29, 0.717) is 30.8 Å². The lowest BCUT2D eigenvalue weighted by molar-refractivity contribution is -0.146. The van der Waals surface area contributed by atoms with E-state index in [4.69, 9.17) is 18.9 Å². The highest BCUT2D eigenvalue weighted by molar-refractivity contribution is 14.1. The summed E-state index contributed by atoms with van der Waals surface area (Å²) in [6.45, 7) is 5.66. The van der Waals surface area contributed by atoms with Crippen LogP contribution < -0.4 is 10.1 Å². The fourth-order valence-electron chi connectivity index (χ4n) is 2.92. The molecule has 0 bridgehead atoms. The smallest absolute Gasteiger partial charge is 0.410 e. The third-order valence-corrected chi connectivity index (χ3v) is 5.30. The number of carbonyl (C=O) groups is 3. The Bertz CT molecular complexity index is 795. The van der Waals surface area contributed by atoms with E-state index in [9.17, 15) is 14.4 Å². The van der Waals surface area contributed by atoms with Gasteiger partial charge in [0.15, 0.2) is 0 Å². The average Bonchev–Trinajstić information content (AvgIpc) is 2.71. The van der Waals surface area contributed by atoms with Crippen molar-refractivity contribution in [2.24, 2.45) is 0 Å². The Morgan fingerprint density at radius 3 is 2.31 bits per heavy atom. The number of esters is 1. The predicted molar refractivity (Wildman–Crippen MR) is 128 cm³/mol. The monoisotopic (exact) mass is 564 g/mol. The molecule has 0 aromatic heterocycles. The molecule has 180 valence electrons. The summed E-state index contributed by atoms with van der Waals surface area (Å²) in [5, 5.41) is 2.72. The first-order valence-corrected chi connectivity index (χ1v) is 11.2. The molecule has 0 aliphatic carbocycles. The van der Waals surface area contributed by atoms with Gasteiger partial charge in [0.25, 0.3) is 0 Å². The van der Waals surface area contributed by atoms with E-state index in [1.807, 2.05) is 0 Å². The molecule has 9 nitrogen and oxygen atoms in total. The normalized spacial score (nSPS) is 13.0. The summed E-state index contributed by atoms with van der Waals surface area (Å²) < 4.78 is 21.4. The lowest BCUT2D eigenvalue weighted by Crippen LogP contribution is -2.49. The molecule has 0 spiro atoms. The zero-order valence-electron chi connectivity index (χ0n) is 19.7. The number of likely N-dealkylation sites (N-methyl/N-ethyl adjacent to an activating group) is 1. The van der Waals surface area contributed by atoms with Gasteiger partial charge < -0.3 is 24.3 Å². The van der Waals surface area contributed by atoms with Gasteiger partial charge in [-0.1, -0.05) is 6.07 Å². The molecule has 1 rings (SSSR count).